The lowest BCUT2D eigenvalue weighted by Gasteiger charge is -2.33. The zero-order valence-electron chi connectivity index (χ0n) is 10.2. The summed E-state index contributed by atoms with van der Waals surface area (Å²) in [5.74, 6) is 0. The fraction of sp³-hybridized carbons (Fsp3) is 1.00. The smallest absolute Gasteiger partial charge is 0.0895 e. The predicted octanol–water partition coefficient (Wildman–Crippen LogP) is 1.27. The maximum absolute atomic E-state index is 10.4. The lowest BCUT2D eigenvalue weighted by molar-refractivity contribution is 0.0186. The zero-order valence-corrected chi connectivity index (χ0v) is 10.2. The van der Waals surface area contributed by atoms with Crippen molar-refractivity contribution in [2.75, 3.05) is 19.6 Å². The van der Waals surface area contributed by atoms with E-state index in [4.69, 9.17) is 0 Å². The Hall–Kier alpha value is -0.120. The van der Waals surface area contributed by atoms with Crippen LogP contribution in [0.5, 0.6) is 0 Å². The van der Waals surface area contributed by atoms with E-state index in [1.807, 2.05) is 6.92 Å². The van der Waals surface area contributed by atoms with E-state index >= 15 is 0 Å². The summed E-state index contributed by atoms with van der Waals surface area (Å²) in [5, 5.41) is 17.1. The molecule has 3 N–H and O–H groups in total. The Labute approximate surface area is 93.6 Å². The molecular formula is C12H26N2O. The summed E-state index contributed by atoms with van der Waals surface area (Å²) in [6.07, 6.45) is 5.99. The second-order valence-electron chi connectivity index (χ2n) is 4.89. The van der Waals surface area contributed by atoms with E-state index in [-0.39, 0.29) is 6.04 Å². The van der Waals surface area contributed by atoms with Crippen LogP contribution in [0.3, 0.4) is 0 Å². The van der Waals surface area contributed by atoms with E-state index in [0.29, 0.717) is 6.54 Å². The quantitative estimate of drug-likeness (QED) is 0.604. The van der Waals surface area contributed by atoms with Crippen LogP contribution in [0.4, 0.5) is 0 Å². The maximum Gasteiger partial charge on any atom is 0.0895 e. The molecule has 2 atom stereocenters. The molecule has 0 aromatic heterocycles. The summed E-state index contributed by atoms with van der Waals surface area (Å²) in [5.41, 5.74) is -0.612. The molecule has 2 unspecified atom stereocenters. The topological polar surface area (TPSA) is 44.3 Å². The Morgan fingerprint density at radius 3 is 2.93 bits per heavy atom. The standard InChI is InChI=1S/C12H26N2O/c1-3-8-13-10-12(2,15)11-7-5-4-6-9-14-11/h11,13-15H,3-10H2,1-2H3. The van der Waals surface area contributed by atoms with Crippen molar-refractivity contribution in [3.63, 3.8) is 0 Å². The molecule has 1 fully saturated rings. The van der Waals surface area contributed by atoms with Crippen molar-refractivity contribution in [3.05, 3.63) is 0 Å². The average molecular weight is 214 g/mol. The number of hydrogen-bond acceptors (Lipinski definition) is 3. The second-order valence-corrected chi connectivity index (χ2v) is 4.89. The van der Waals surface area contributed by atoms with Crippen LogP contribution >= 0.6 is 0 Å². The number of nitrogens with one attached hydrogen (secondary N) is 2. The first-order chi connectivity index (χ1) is 7.17. The molecule has 1 saturated heterocycles. The van der Waals surface area contributed by atoms with Crippen molar-refractivity contribution in [3.8, 4) is 0 Å². The summed E-state index contributed by atoms with van der Waals surface area (Å²) in [7, 11) is 0. The van der Waals surface area contributed by atoms with Gasteiger partial charge in [-0.25, -0.2) is 0 Å². The number of hydrogen-bond donors (Lipinski definition) is 3. The first-order valence-corrected chi connectivity index (χ1v) is 6.33. The van der Waals surface area contributed by atoms with Crippen LogP contribution in [0.15, 0.2) is 0 Å². The highest BCUT2D eigenvalue weighted by Gasteiger charge is 2.31. The molecule has 1 heterocycles. The van der Waals surface area contributed by atoms with Crippen LogP contribution in [0.2, 0.25) is 0 Å². The van der Waals surface area contributed by atoms with Gasteiger partial charge in [0.05, 0.1) is 5.60 Å². The molecule has 1 rings (SSSR count). The van der Waals surface area contributed by atoms with Crippen LogP contribution in [0.1, 0.15) is 46.0 Å². The molecule has 0 saturated carbocycles. The summed E-state index contributed by atoms with van der Waals surface area (Å²) in [6, 6.07) is 0.254. The van der Waals surface area contributed by atoms with Crippen LogP contribution in [0, 0.1) is 0 Å². The van der Waals surface area contributed by atoms with Gasteiger partial charge in [-0.2, -0.15) is 0 Å². The molecule has 0 spiro atoms. The van der Waals surface area contributed by atoms with Gasteiger partial charge < -0.3 is 15.7 Å². The van der Waals surface area contributed by atoms with Gasteiger partial charge in [0.25, 0.3) is 0 Å². The first-order valence-electron chi connectivity index (χ1n) is 6.33. The molecular weight excluding hydrogens is 188 g/mol. The lowest BCUT2D eigenvalue weighted by atomic mass is 9.92. The Morgan fingerprint density at radius 2 is 2.20 bits per heavy atom. The molecule has 0 aromatic rings. The van der Waals surface area contributed by atoms with Crippen molar-refractivity contribution in [2.45, 2.75) is 57.6 Å². The number of aliphatic hydroxyl groups is 1. The second kappa shape index (κ2) is 6.46. The monoisotopic (exact) mass is 214 g/mol. The summed E-state index contributed by atoms with van der Waals surface area (Å²) in [4.78, 5) is 0. The van der Waals surface area contributed by atoms with Crippen molar-refractivity contribution in [1.82, 2.24) is 10.6 Å². The highest BCUT2D eigenvalue weighted by atomic mass is 16.3. The van der Waals surface area contributed by atoms with Crippen molar-refractivity contribution >= 4 is 0 Å². The Bertz CT molecular complexity index is 163. The molecule has 0 bridgehead atoms. The van der Waals surface area contributed by atoms with Crippen molar-refractivity contribution < 1.29 is 5.11 Å². The van der Waals surface area contributed by atoms with Gasteiger partial charge in [0.1, 0.15) is 0 Å². The minimum atomic E-state index is -0.612. The van der Waals surface area contributed by atoms with Crippen LogP contribution in [-0.4, -0.2) is 36.4 Å². The minimum absolute atomic E-state index is 0.254. The van der Waals surface area contributed by atoms with Gasteiger partial charge in [-0.15, -0.1) is 0 Å². The minimum Gasteiger partial charge on any atom is -0.387 e. The SMILES string of the molecule is CCCNCC(C)(O)C1CCCCCN1. The molecule has 0 aromatic carbocycles. The predicted molar refractivity (Wildman–Crippen MR) is 64.0 cm³/mol. The molecule has 3 nitrogen and oxygen atoms in total. The van der Waals surface area contributed by atoms with Crippen molar-refractivity contribution in [1.29, 1.82) is 0 Å². The van der Waals surface area contributed by atoms with Gasteiger partial charge in [-0.3, -0.25) is 0 Å². The summed E-state index contributed by atoms with van der Waals surface area (Å²) in [6.45, 7) is 6.82. The van der Waals surface area contributed by atoms with Crippen LogP contribution in [0.25, 0.3) is 0 Å². The molecule has 15 heavy (non-hydrogen) atoms. The lowest BCUT2D eigenvalue weighted by Crippen LogP contribution is -2.54. The normalized spacial score (nSPS) is 27.0. The average Bonchev–Trinajstić information content (AvgIpc) is 2.46. The van der Waals surface area contributed by atoms with Gasteiger partial charge in [0.15, 0.2) is 0 Å². The molecule has 90 valence electrons. The van der Waals surface area contributed by atoms with E-state index in [9.17, 15) is 5.11 Å². The largest absolute Gasteiger partial charge is 0.387 e. The highest BCUT2D eigenvalue weighted by molar-refractivity contribution is 4.90. The highest BCUT2D eigenvalue weighted by Crippen LogP contribution is 2.18. The molecule has 0 radical (unpaired) electrons. The number of rotatable bonds is 5. The van der Waals surface area contributed by atoms with E-state index in [1.54, 1.807) is 0 Å². The van der Waals surface area contributed by atoms with Crippen LogP contribution < -0.4 is 10.6 Å². The third-order valence-electron chi connectivity index (χ3n) is 3.22. The van der Waals surface area contributed by atoms with E-state index < -0.39 is 5.60 Å². The zero-order chi connectivity index (χ0) is 11.1. The van der Waals surface area contributed by atoms with Gasteiger partial charge in [0.2, 0.25) is 0 Å². The fourth-order valence-corrected chi connectivity index (χ4v) is 2.20. The third kappa shape index (κ3) is 4.49. The van der Waals surface area contributed by atoms with E-state index in [2.05, 4.69) is 17.6 Å². The molecule has 0 aliphatic carbocycles. The summed E-state index contributed by atoms with van der Waals surface area (Å²) < 4.78 is 0. The Morgan fingerprint density at radius 1 is 1.40 bits per heavy atom. The van der Waals surface area contributed by atoms with Crippen molar-refractivity contribution in [2.24, 2.45) is 0 Å². The maximum atomic E-state index is 10.4. The summed E-state index contributed by atoms with van der Waals surface area (Å²) >= 11 is 0. The van der Waals surface area contributed by atoms with E-state index in [0.717, 1.165) is 25.9 Å². The first kappa shape index (κ1) is 12.9. The third-order valence-corrected chi connectivity index (χ3v) is 3.22. The van der Waals surface area contributed by atoms with Crippen LogP contribution in [-0.2, 0) is 0 Å². The Balaban J connectivity index is 2.35. The Kier molecular flexibility index (Phi) is 5.58. The van der Waals surface area contributed by atoms with Gasteiger partial charge in [-0.05, 0) is 39.3 Å². The van der Waals surface area contributed by atoms with Gasteiger partial charge in [0, 0.05) is 12.6 Å². The fourth-order valence-electron chi connectivity index (χ4n) is 2.20. The van der Waals surface area contributed by atoms with Gasteiger partial charge in [-0.1, -0.05) is 19.8 Å². The van der Waals surface area contributed by atoms with Gasteiger partial charge >= 0.3 is 0 Å². The molecule has 0 amide bonds. The molecule has 1 aliphatic heterocycles. The molecule has 1 aliphatic rings. The van der Waals surface area contributed by atoms with E-state index in [1.165, 1.54) is 19.3 Å². The molecule has 3 heteroatoms.